The van der Waals surface area contributed by atoms with Crippen LogP contribution in [0.2, 0.25) is 10.0 Å². The third kappa shape index (κ3) is 3.80. The van der Waals surface area contributed by atoms with E-state index in [9.17, 15) is 0 Å². The van der Waals surface area contributed by atoms with Gasteiger partial charge in [0.25, 0.3) is 0 Å². The van der Waals surface area contributed by atoms with Crippen LogP contribution in [0.5, 0.6) is 11.5 Å². The van der Waals surface area contributed by atoms with Crippen LogP contribution < -0.4 is 9.47 Å². The Kier molecular flexibility index (Phi) is 5.11. The van der Waals surface area contributed by atoms with Gasteiger partial charge in [0.1, 0.15) is 19.0 Å². The van der Waals surface area contributed by atoms with Crippen LogP contribution in [-0.4, -0.2) is 13.2 Å². The molecule has 20 heavy (non-hydrogen) atoms. The summed E-state index contributed by atoms with van der Waals surface area (Å²) in [5, 5.41) is 9.71. The molecule has 0 aliphatic heterocycles. The number of benzene rings is 2. The van der Waals surface area contributed by atoms with E-state index in [0.717, 1.165) is 0 Å². The molecular weight excluding hydrogens is 297 g/mol. The van der Waals surface area contributed by atoms with Crippen molar-refractivity contribution in [3.05, 3.63) is 58.1 Å². The lowest BCUT2D eigenvalue weighted by molar-refractivity contribution is 0.217. The molecule has 3 nitrogen and oxygen atoms in total. The maximum absolute atomic E-state index is 8.78. The Balaban J connectivity index is 1.86. The molecule has 0 fully saturated rings. The molecule has 102 valence electrons. The van der Waals surface area contributed by atoms with Crippen LogP contribution >= 0.6 is 23.2 Å². The van der Waals surface area contributed by atoms with Crippen LogP contribution in [-0.2, 0) is 0 Å². The molecule has 0 amide bonds. The minimum Gasteiger partial charge on any atom is -0.490 e. The molecule has 0 aliphatic carbocycles. The van der Waals surface area contributed by atoms with Crippen molar-refractivity contribution in [1.82, 2.24) is 0 Å². The van der Waals surface area contributed by atoms with Gasteiger partial charge in [0.05, 0.1) is 21.7 Å². The van der Waals surface area contributed by atoms with Crippen LogP contribution in [0.3, 0.4) is 0 Å². The maximum Gasteiger partial charge on any atom is 0.156 e. The Hall–Kier alpha value is -1.89. The van der Waals surface area contributed by atoms with E-state index in [0.29, 0.717) is 40.3 Å². The largest absolute Gasteiger partial charge is 0.490 e. The predicted octanol–water partition coefficient (Wildman–Crippen LogP) is 4.32. The van der Waals surface area contributed by atoms with E-state index in [4.69, 9.17) is 37.9 Å². The zero-order valence-corrected chi connectivity index (χ0v) is 12.0. The van der Waals surface area contributed by atoms with Gasteiger partial charge in [-0.1, -0.05) is 35.3 Å². The highest BCUT2D eigenvalue weighted by Crippen LogP contribution is 2.32. The summed E-state index contributed by atoms with van der Waals surface area (Å²) in [6, 6.07) is 14.1. The summed E-state index contributed by atoms with van der Waals surface area (Å²) in [6.45, 7) is 0.636. The monoisotopic (exact) mass is 307 g/mol. The Morgan fingerprint density at radius 3 is 2.30 bits per heavy atom. The fourth-order valence-electron chi connectivity index (χ4n) is 1.58. The second-order valence-electron chi connectivity index (χ2n) is 3.89. The summed E-state index contributed by atoms with van der Waals surface area (Å²) in [5.41, 5.74) is 0.553. The number of rotatable bonds is 5. The van der Waals surface area contributed by atoms with E-state index in [-0.39, 0.29) is 0 Å². The standard InChI is InChI=1S/C15H11Cl2NO2/c16-13-5-2-6-14(17)15(13)20-8-7-19-12-4-1-3-11(9-12)10-18/h1-6,9H,7-8H2. The summed E-state index contributed by atoms with van der Waals surface area (Å²) in [7, 11) is 0. The van der Waals surface area contributed by atoms with Crippen LogP contribution in [0, 0.1) is 11.3 Å². The minimum absolute atomic E-state index is 0.306. The fourth-order valence-corrected chi connectivity index (χ4v) is 2.09. The number of nitrogens with zero attached hydrogens (tertiary/aromatic N) is 1. The van der Waals surface area contributed by atoms with Gasteiger partial charge < -0.3 is 9.47 Å². The summed E-state index contributed by atoms with van der Waals surface area (Å²) in [6.07, 6.45) is 0. The van der Waals surface area contributed by atoms with Crippen molar-refractivity contribution >= 4 is 23.2 Å². The van der Waals surface area contributed by atoms with Gasteiger partial charge in [-0.25, -0.2) is 0 Å². The second-order valence-corrected chi connectivity index (χ2v) is 4.70. The first-order chi connectivity index (χ1) is 9.70. The Morgan fingerprint density at radius 1 is 0.950 bits per heavy atom. The van der Waals surface area contributed by atoms with E-state index in [1.54, 1.807) is 42.5 Å². The van der Waals surface area contributed by atoms with Gasteiger partial charge in [-0.2, -0.15) is 5.26 Å². The minimum atomic E-state index is 0.306. The van der Waals surface area contributed by atoms with E-state index >= 15 is 0 Å². The van der Waals surface area contributed by atoms with Crippen molar-refractivity contribution < 1.29 is 9.47 Å². The van der Waals surface area contributed by atoms with E-state index in [1.165, 1.54) is 0 Å². The SMILES string of the molecule is N#Cc1cccc(OCCOc2c(Cl)cccc2Cl)c1. The smallest absolute Gasteiger partial charge is 0.156 e. The van der Waals surface area contributed by atoms with Crippen molar-refractivity contribution in [3.63, 3.8) is 0 Å². The van der Waals surface area contributed by atoms with Crippen molar-refractivity contribution in [2.75, 3.05) is 13.2 Å². The average Bonchev–Trinajstić information content (AvgIpc) is 2.46. The van der Waals surface area contributed by atoms with Crippen molar-refractivity contribution in [1.29, 1.82) is 5.26 Å². The topological polar surface area (TPSA) is 42.2 Å². The zero-order chi connectivity index (χ0) is 14.4. The first kappa shape index (κ1) is 14.5. The van der Waals surface area contributed by atoms with Gasteiger partial charge in [-0.3, -0.25) is 0 Å². The Bertz CT molecular complexity index is 618. The molecule has 0 saturated heterocycles. The maximum atomic E-state index is 8.78. The second kappa shape index (κ2) is 7.04. The quantitative estimate of drug-likeness (QED) is 0.772. The molecule has 0 spiro atoms. The molecule has 0 bridgehead atoms. The predicted molar refractivity (Wildman–Crippen MR) is 78.6 cm³/mol. The summed E-state index contributed by atoms with van der Waals surface area (Å²) in [4.78, 5) is 0. The molecule has 0 heterocycles. The van der Waals surface area contributed by atoms with Crippen LogP contribution in [0.25, 0.3) is 0 Å². The first-order valence-corrected chi connectivity index (χ1v) is 6.66. The Labute approximate surface area is 127 Å². The van der Waals surface area contributed by atoms with Crippen LogP contribution in [0.15, 0.2) is 42.5 Å². The molecule has 0 unspecified atom stereocenters. The summed E-state index contributed by atoms with van der Waals surface area (Å²) >= 11 is 12.0. The highest BCUT2D eigenvalue weighted by Gasteiger charge is 2.06. The number of para-hydroxylation sites is 1. The number of halogens is 2. The lowest BCUT2D eigenvalue weighted by Crippen LogP contribution is -2.09. The van der Waals surface area contributed by atoms with Crippen molar-refractivity contribution in [3.8, 4) is 17.6 Å². The molecule has 0 aromatic heterocycles. The highest BCUT2D eigenvalue weighted by atomic mass is 35.5. The van der Waals surface area contributed by atoms with E-state index in [1.807, 2.05) is 0 Å². The number of hydrogen-bond acceptors (Lipinski definition) is 3. The molecule has 2 aromatic rings. The lowest BCUT2D eigenvalue weighted by Gasteiger charge is -2.10. The molecular formula is C15H11Cl2NO2. The summed E-state index contributed by atoms with van der Waals surface area (Å²) < 4.78 is 11.0. The third-order valence-corrected chi connectivity index (χ3v) is 3.08. The van der Waals surface area contributed by atoms with Gasteiger partial charge in [0, 0.05) is 0 Å². The van der Waals surface area contributed by atoms with Gasteiger partial charge in [-0.15, -0.1) is 0 Å². The zero-order valence-electron chi connectivity index (χ0n) is 10.5. The van der Waals surface area contributed by atoms with Crippen LogP contribution in [0.1, 0.15) is 5.56 Å². The van der Waals surface area contributed by atoms with Gasteiger partial charge in [0.2, 0.25) is 0 Å². The van der Waals surface area contributed by atoms with Crippen molar-refractivity contribution in [2.45, 2.75) is 0 Å². The van der Waals surface area contributed by atoms with E-state index < -0.39 is 0 Å². The van der Waals surface area contributed by atoms with Gasteiger partial charge in [0.15, 0.2) is 5.75 Å². The van der Waals surface area contributed by atoms with Crippen molar-refractivity contribution in [2.24, 2.45) is 0 Å². The first-order valence-electron chi connectivity index (χ1n) is 5.90. The molecule has 0 saturated carbocycles. The van der Waals surface area contributed by atoms with Gasteiger partial charge in [-0.05, 0) is 30.3 Å². The third-order valence-electron chi connectivity index (χ3n) is 2.48. The average molecular weight is 308 g/mol. The molecule has 0 N–H and O–H groups in total. The molecule has 0 aliphatic rings. The highest BCUT2D eigenvalue weighted by molar-refractivity contribution is 6.37. The Morgan fingerprint density at radius 2 is 1.60 bits per heavy atom. The number of nitriles is 1. The normalized spacial score (nSPS) is 9.85. The molecule has 5 heteroatoms. The van der Waals surface area contributed by atoms with E-state index in [2.05, 4.69) is 6.07 Å². The van der Waals surface area contributed by atoms with Gasteiger partial charge >= 0.3 is 0 Å². The summed E-state index contributed by atoms with van der Waals surface area (Å²) in [5.74, 6) is 1.07. The lowest BCUT2D eigenvalue weighted by atomic mass is 10.2. The van der Waals surface area contributed by atoms with Crippen LogP contribution in [0.4, 0.5) is 0 Å². The number of hydrogen-bond donors (Lipinski definition) is 0. The number of ether oxygens (including phenoxy) is 2. The fraction of sp³-hybridized carbons (Fsp3) is 0.133. The molecule has 2 aromatic carbocycles. The molecule has 2 rings (SSSR count). The molecule has 0 atom stereocenters. The molecule has 0 radical (unpaired) electrons.